The summed E-state index contributed by atoms with van der Waals surface area (Å²) in [5, 5.41) is 38.3. The molecular formula is C58H52F3IN8O4RuS2. The molecule has 3 aromatic heterocycles. The summed E-state index contributed by atoms with van der Waals surface area (Å²) in [6.45, 7) is 2.56. The van der Waals surface area contributed by atoms with E-state index in [4.69, 9.17) is 22.6 Å². The average Bonchev–Trinajstić information content (AvgIpc) is 3.90. The van der Waals surface area contributed by atoms with Crippen LogP contribution in [-0.2, 0) is 30.7 Å². The molecule has 1 aliphatic rings. The summed E-state index contributed by atoms with van der Waals surface area (Å²) in [5.74, 6) is -2.42. The number of hydrogen-bond donors (Lipinski definition) is 3. The Kier molecular flexibility index (Phi) is 23.5. The summed E-state index contributed by atoms with van der Waals surface area (Å²) in [5.41, 5.74) is 26.4. The molecule has 4 aromatic carbocycles. The van der Waals surface area contributed by atoms with Crippen molar-refractivity contribution >= 4 is 113 Å². The van der Waals surface area contributed by atoms with Crippen molar-refractivity contribution in [2.45, 2.75) is 64.1 Å². The molecule has 77 heavy (non-hydrogen) atoms. The minimum atomic E-state index is -4.56. The van der Waals surface area contributed by atoms with E-state index in [0.29, 0.717) is 18.3 Å². The van der Waals surface area contributed by atoms with Crippen LogP contribution in [0.4, 0.5) is 30.2 Å². The summed E-state index contributed by atoms with van der Waals surface area (Å²) in [7, 11) is 0. The molecular weight excluding hydrogens is 1220 g/mol. The Hall–Kier alpha value is -6.86. The first-order chi connectivity index (χ1) is 36.5. The minimum absolute atomic E-state index is 0. The summed E-state index contributed by atoms with van der Waals surface area (Å²) in [6.07, 6.45) is 11.0. The van der Waals surface area contributed by atoms with Gasteiger partial charge in [-0.15, -0.1) is 23.6 Å². The van der Waals surface area contributed by atoms with Crippen LogP contribution in [0, 0.1) is 0 Å². The normalized spacial score (nSPS) is 13.0. The Morgan fingerprint density at radius 1 is 0.870 bits per heavy atom. The number of aromatic carboxylic acids is 1. The second-order valence-electron chi connectivity index (χ2n) is 17.2. The molecule has 0 fully saturated rings. The number of fused-ring (bicyclic) bond motifs is 2. The molecule has 0 aliphatic carbocycles. The van der Waals surface area contributed by atoms with E-state index < -0.39 is 24.2 Å². The Bertz CT molecular complexity index is 3310. The summed E-state index contributed by atoms with van der Waals surface area (Å²) < 4.78 is 39.2. The van der Waals surface area contributed by atoms with Gasteiger partial charge in [0.2, 0.25) is 0 Å². The van der Waals surface area contributed by atoms with Gasteiger partial charge in [0.15, 0.2) is 0 Å². The number of allylic oxidation sites excluding steroid dienone is 2. The maximum atomic E-state index is 12.6. The summed E-state index contributed by atoms with van der Waals surface area (Å²) in [6, 6.07) is 35.0. The fourth-order valence-corrected chi connectivity index (χ4v) is 9.54. The number of alkyl halides is 3. The van der Waals surface area contributed by atoms with Crippen LogP contribution in [0.3, 0.4) is 0 Å². The van der Waals surface area contributed by atoms with Gasteiger partial charge in [0.25, 0.3) is 0 Å². The molecule has 7 aromatic rings. The summed E-state index contributed by atoms with van der Waals surface area (Å²) in [4.78, 5) is 35.8. The molecule has 19 heteroatoms. The molecule has 12 nitrogen and oxygen atoms in total. The number of carboxylic acid groups (broad SMARTS) is 2. The van der Waals surface area contributed by atoms with Crippen molar-refractivity contribution in [1.82, 2.24) is 9.97 Å². The number of pyridine rings is 2. The molecule has 8 rings (SSSR count). The van der Waals surface area contributed by atoms with Gasteiger partial charge >= 0.3 is 37.6 Å². The van der Waals surface area contributed by atoms with Gasteiger partial charge in [0.1, 0.15) is 6.04 Å². The third kappa shape index (κ3) is 17.1. The number of hydrogen-bond acceptors (Lipinski definition) is 8. The third-order valence-electron chi connectivity index (χ3n) is 11.9. The van der Waals surface area contributed by atoms with E-state index in [2.05, 4.69) is 106 Å². The second kappa shape index (κ2) is 29.6. The van der Waals surface area contributed by atoms with Gasteiger partial charge < -0.3 is 43.0 Å². The number of aryl methyl sites for hydroxylation is 1. The molecule has 6 N–H and O–H groups in total. The topological polar surface area (TPSA) is 214 Å². The smallest absolute Gasteiger partial charge is 0.753 e. The average molecular weight is 1270 g/mol. The molecule has 1 atom stereocenters. The van der Waals surface area contributed by atoms with Crippen LogP contribution in [0.2, 0.25) is 0 Å². The van der Waals surface area contributed by atoms with Crippen LogP contribution >= 0.6 is 46.1 Å². The molecule has 4 heterocycles. The van der Waals surface area contributed by atoms with Crippen molar-refractivity contribution in [1.29, 1.82) is 0 Å². The number of halogens is 4. The van der Waals surface area contributed by atoms with Gasteiger partial charge in [-0.2, -0.15) is 29.7 Å². The number of nitrogens with two attached hydrogens (primary N) is 1. The number of anilines is 3. The maximum Gasteiger partial charge on any atom is 4.00 e. The zero-order valence-corrected chi connectivity index (χ0v) is 47.0. The predicted molar refractivity (Wildman–Crippen MR) is 314 cm³/mol. The van der Waals surface area contributed by atoms with E-state index >= 15 is 0 Å². The van der Waals surface area contributed by atoms with Gasteiger partial charge in [0.05, 0.1) is 22.5 Å². The Balaban J connectivity index is 0.000000294. The van der Waals surface area contributed by atoms with E-state index in [1.807, 2.05) is 47.9 Å². The monoisotopic (exact) mass is 1270 g/mol. The number of carboxylic acids is 2. The van der Waals surface area contributed by atoms with E-state index in [1.165, 1.54) is 59.0 Å². The number of unbranched alkanes of at least 4 members (excludes halogenated alkanes) is 5. The molecule has 396 valence electrons. The van der Waals surface area contributed by atoms with Crippen LogP contribution in [0.25, 0.3) is 66.4 Å². The molecule has 1 aliphatic heterocycles. The van der Waals surface area contributed by atoms with Crippen molar-refractivity contribution in [2.24, 2.45) is 5.73 Å². The first kappa shape index (κ1) is 61.0. The van der Waals surface area contributed by atoms with Crippen LogP contribution in [0.1, 0.15) is 71.9 Å². The fourth-order valence-electron chi connectivity index (χ4n) is 8.13. The van der Waals surface area contributed by atoms with Crippen molar-refractivity contribution in [3.05, 3.63) is 216 Å². The van der Waals surface area contributed by atoms with E-state index in [1.54, 1.807) is 46.2 Å². The zero-order valence-electron chi connectivity index (χ0n) is 41.5. The van der Waals surface area contributed by atoms with Crippen molar-refractivity contribution in [3.8, 4) is 11.4 Å². The number of thiophene rings is 1. The molecule has 0 amide bonds. The fraction of sp³-hybridized carbons (Fsp3) is 0.190. The molecule has 0 saturated carbocycles. The van der Waals surface area contributed by atoms with Gasteiger partial charge in [0, 0.05) is 33.8 Å². The van der Waals surface area contributed by atoms with Crippen LogP contribution in [0.15, 0.2) is 172 Å². The number of nitrogens with one attached hydrogen (secondary N) is 2. The maximum absolute atomic E-state index is 12.6. The van der Waals surface area contributed by atoms with Crippen molar-refractivity contribution < 1.29 is 52.5 Å². The van der Waals surface area contributed by atoms with Crippen LogP contribution in [-0.4, -0.2) is 56.0 Å². The number of aliphatic carboxylic acids is 1. The SMILES string of the molecule is CCCCCCCCc1ccsc1C1=CC[N-]C(/C([NH-])=C/C(N)C(F)(F)F)=C1.[N-]=C=S.[NH-]/C(=C\C(=C/I)C(=O)O)c1cc(C(=O)O)cc(-c2cc(N(c3ccc4ccccc4c3)c3ccc4ccccc4c3)ccn2)n1.[Ru+4]. The minimum Gasteiger partial charge on any atom is -0.753 e. The molecule has 0 spiro atoms. The largest absolute Gasteiger partial charge is 4.00 e. The van der Waals surface area contributed by atoms with Gasteiger partial charge in [-0.1, -0.05) is 159 Å². The number of carbonyl (C=O) groups is 2. The van der Waals surface area contributed by atoms with E-state index in [0.717, 1.165) is 68.0 Å². The number of rotatable bonds is 18. The number of isothiocyanates is 1. The van der Waals surface area contributed by atoms with Crippen LogP contribution < -0.4 is 10.6 Å². The predicted octanol–water partition coefficient (Wildman–Crippen LogP) is 17.2. The number of benzene rings is 4. The van der Waals surface area contributed by atoms with E-state index in [-0.39, 0.29) is 59.1 Å². The standard InChI is InChI=1S/C36H24IN4O4.C21H28F3N3S.CNS.Ru/c37-21-27(36(44)45)17-31(38)32-18-26(35(42)43)19-34(40-32)33-20-30(13-14-39-33)41(28-11-9-22-5-1-3-7-24(22)15-28)29-12-10-23-6-2-4-8-25(23)16-29;1-2-3-4-5-6-7-8-15-10-12-28-20(15)16-9-11-27-18(13-16)17(25)14-19(26)21(22,23)24;2-1-3;/h1-21,38H,(H,42,43)(H,44,45);9-10,12-14,19,25H,2-8,11,26H2,1H3;;/q-1;-2;-1;+4/b27-21+,31-17-;17-14-;;. The van der Waals surface area contributed by atoms with Crippen LogP contribution in [0.5, 0.6) is 0 Å². The zero-order chi connectivity index (χ0) is 54.8. The molecule has 0 radical (unpaired) electrons. The Labute approximate surface area is 480 Å². The first-order valence-electron chi connectivity index (χ1n) is 23.9. The molecule has 0 bridgehead atoms. The number of thiocarbonyl (C=S) groups is 1. The second-order valence-corrected chi connectivity index (χ2v) is 18.9. The number of nitrogens with zero attached hydrogens (tertiary/aromatic N) is 5. The van der Waals surface area contributed by atoms with Gasteiger partial charge in [-0.05, 0) is 110 Å². The van der Waals surface area contributed by atoms with Crippen molar-refractivity contribution in [2.75, 3.05) is 11.4 Å². The molecule has 1 unspecified atom stereocenters. The van der Waals surface area contributed by atoms with Crippen molar-refractivity contribution in [3.63, 3.8) is 0 Å². The summed E-state index contributed by atoms with van der Waals surface area (Å²) >= 11 is 7.10. The van der Waals surface area contributed by atoms with Gasteiger partial charge in [-0.3, -0.25) is 4.98 Å². The number of aromatic nitrogens is 2. The Morgan fingerprint density at radius 3 is 2.05 bits per heavy atom. The van der Waals surface area contributed by atoms with E-state index in [9.17, 15) is 33.0 Å². The Morgan fingerprint density at radius 2 is 1.47 bits per heavy atom. The molecule has 0 saturated heterocycles. The first-order valence-corrected chi connectivity index (χ1v) is 26.5. The quantitative estimate of drug-likeness (QED) is 0.0142. The third-order valence-corrected chi connectivity index (χ3v) is 13.6. The van der Waals surface area contributed by atoms with Gasteiger partial charge in [-0.25, -0.2) is 14.6 Å².